The molecule has 0 saturated carbocycles. The first kappa shape index (κ1) is 15.7. The average molecular weight is 287 g/mol. The van der Waals surface area contributed by atoms with Gasteiger partial charge in [-0.25, -0.2) is 0 Å². The third kappa shape index (κ3) is 4.99. The van der Waals surface area contributed by atoms with Crippen LogP contribution in [-0.2, 0) is 6.54 Å². The van der Waals surface area contributed by atoms with E-state index in [-0.39, 0.29) is 18.1 Å². The number of aliphatic hydroxyl groups is 1. The van der Waals surface area contributed by atoms with Gasteiger partial charge in [-0.2, -0.15) is 5.10 Å². The molecule has 0 aliphatic carbocycles. The van der Waals surface area contributed by atoms with Gasteiger partial charge in [-0.05, 0) is 17.9 Å². The second kappa shape index (κ2) is 6.87. The molecule has 0 aliphatic heterocycles. The number of aliphatic hydroxyl groups excluding tert-OH is 1. The van der Waals surface area contributed by atoms with Crippen LogP contribution >= 0.6 is 0 Å². The molecule has 114 valence electrons. The Morgan fingerprint density at radius 1 is 1.24 bits per heavy atom. The van der Waals surface area contributed by atoms with Crippen molar-refractivity contribution in [1.29, 1.82) is 0 Å². The van der Waals surface area contributed by atoms with Crippen molar-refractivity contribution < 1.29 is 5.11 Å². The molecule has 3 N–H and O–H groups in total. The number of nitrogens with one attached hydrogen (secondary N) is 2. The van der Waals surface area contributed by atoms with Gasteiger partial charge in [0, 0.05) is 23.8 Å². The Balaban J connectivity index is 1.94. The maximum absolute atomic E-state index is 9.46. The van der Waals surface area contributed by atoms with Gasteiger partial charge in [0.25, 0.3) is 0 Å². The number of aromatic amines is 1. The first-order valence-corrected chi connectivity index (χ1v) is 7.42. The molecule has 0 aliphatic rings. The van der Waals surface area contributed by atoms with Crippen LogP contribution in [0.15, 0.2) is 36.4 Å². The first-order valence-electron chi connectivity index (χ1n) is 7.42. The van der Waals surface area contributed by atoms with Crippen LogP contribution < -0.4 is 5.32 Å². The van der Waals surface area contributed by atoms with E-state index in [1.54, 1.807) is 0 Å². The Bertz CT molecular complexity index is 543. The van der Waals surface area contributed by atoms with Crippen LogP contribution in [0.3, 0.4) is 0 Å². The van der Waals surface area contributed by atoms with Gasteiger partial charge < -0.3 is 10.4 Å². The van der Waals surface area contributed by atoms with Crippen molar-refractivity contribution in [2.75, 3.05) is 6.61 Å². The van der Waals surface area contributed by atoms with E-state index in [0.717, 1.165) is 23.4 Å². The van der Waals surface area contributed by atoms with Crippen molar-refractivity contribution in [3.63, 3.8) is 0 Å². The molecule has 1 aromatic heterocycles. The lowest BCUT2D eigenvalue weighted by molar-refractivity contribution is 0.197. The fourth-order valence-corrected chi connectivity index (χ4v) is 2.40. The summed E-state index contributed by atoms with van der Waals surface area (Å²) in [4.78, 5) is 0. The van der Waals surface area contributed by atoms with E-state index in [1.165, 1.54) is 0 Å². The molecule has 0 spiro atoms. The van der Waals surface area contributed by atoms with Crippen molar-refractivity contribution >= 4 is 0 Å². The summed E-state index contributed by atoms with van der Waals surface area (Å²) in [6, 6.07) is 12.3. The summed E-state index contributed by atoms with van der Waals surface area (Å²) >= 11 is 0. The van der Waals surface area contributed by atoms with E-state index in [9.17, 15) is 5.11 Å². The zero-order valence-corrected chi connectivity index (χ0v) is 13.1. The summed E-state index contributed by atoms with van der Waals surface area (Å²) in [5.41, 5.74) is 3.28. The fourth-order valence-electron chi connectivity index (χ4n) is 2.40. The molecule has 0 amide bonds. The molecule has 21 heavy (non-hydrogen) atoms. The van der Waals surface area contributed by atoms with Crippen molar-refractivity contribution in [3.8, 4) is 11.3 Å². The molecule has 4 nitrogen and oxygen atoms in total. The van der Waals surface area contributed by atoms with Gasteiger partial charge in [-0.1, -0.05) is 51.1 Å². The standard InChI is InChI=1S/C17H25N3O/c1-17(2,3)10-15(12-21)18-11-14-9-16(20-19-14)13-7-5-4-6-8-13/h4-9,15,18,21H,10-12H2,1-3H3,(H,19,20). The Morgan fingerprint density at radius 2 is 1.95 bits per heavy atom. The van der Waals surface area contributed by atoms with E-state index in [0.29, 0.717) is 6.54 Å². The van der Waals surface area contributed by atoms with Gasteiger partial charge in [0.15, 0.2) is 0 Å². The van der Waals surface area contributed by atoms with Crippen LogP contribution in [0.5, 0.6) is 0 Å². The lowest BCUT2D eigenvalue weighted by Gasteiger charge is -2.25. The summed E-state index contributed by atoms with van der Waals surface area (Å²) in [5.74, 6) is 0. The zero-order valence-electron chi connectivity index (χ0n) is 13.1. The maximum atomic E-state index is 9.46. The number of hydrogen-bond acceptors (Lipinski definition) is 3. The monoisotopic (exact) mass is 287 g/mol. The number of rotatable bonds is 6. The van der Waals surface area contributed by atoms with E-state index in [2.05, 4.69) is 36.3 Å². The van der Waals surface area contributed by atoms with E-state index >= 15 is 0 Å². The molecule has 2 rings (SSSR count). The van der Waals surface area contributed by atoms with Gasteiger partial charge in [-0.15, -0.1) is 0 Å². The number of hydrogen-bond donors (Lipinski definition) is 3. The molecule has 1 atom stereocenters. The normalized spacial score (nSPS) is 13.3. The maximum Gasteiger partial charge on any atom is 0.0924 e. The van der Waals surface area contributed by atoms with Gasteiger partial charge >= 0.3 is 0 Å². The highest BCUT2D eigenvalue weighted by Crippen LogP contribution is 2.21. The molecule has 0 radical (unpaired) electrons. The quantitative estimate of drug-likeness (QED) is 0.765. The Labute approximate surface area is 126 Å². The SMILES string of the molecule is CC(C)(C)CC(CO)NCc1cc(-c2ccccc2)n[nH]1. The van der Waals surface area contributed by atoms with Crippen LogP contribution in [0.1, 0.15) is 32.9 Å². The summed E-state index contributed by atoms with van der Waals surface area (Å²) in [6.07, 6.45) is 0.934. The zero-order chi connectivity index (χ0) is 15.3. The van der Waals surface area contributed by atoms with Gasteiger partial charge in [0.1, 0.15) is 0 Å². The molecule has 4 heteroatoms. The van der Waals surface area contributed by atoms with Crippen LogP contribution in [0.2, 0.25) is 0 Å². The average Bonchev–Trinajstić information content (AvgIpc) is 2.92. The second-order valence-electron chi connectivity index (χ2n) is 6.67. The third-order valence-corrected chi connectivity index (χ3v) is 3.36. The minimum Gasteiger partial charge on any atom is -0.395 e. The number of H-pyrrole nitrogens is 1. The van der Waals surface area contributed by atoms with E-state index in [1.807, 2.05) is 36.4 Å². The van der Waals surface area contributed by atoms with Crippen LogP contribution in [0.25, 0.3) is 11.3 Å². The number of benzene rings is 1. The van der Waals surface area contributed by atoms with Gasteiger partial charge in [0.05, 0.1) is 12.3 Å². The highest BCUT2D eigenvalue weighted by Gasteiger charge is 2.17. The molecule has 1 unspecified atom stereocenters. The van der Waals surface area contributed by atoms with Crippen LogP contribution in [0.4, 0.5) is 0 Å². The van der Waals surface area contributed by atoms with Crippen molar-refractivity contribution in [2.24, 2.45) is 5.41 Å². The highest BCUT2D eigenvalue weighted by molar-refractivity contribution is 5.58. The predicted molar refractivity (Wildman–Crippen MR) is 85.8 cm³/mol. The Kier molecular flexibility index (Phi) is 5.15. The fraction of sp³-hybridized carbons (Fsp3) is 0.471. The second-order valence-corrected chi connectivity index (χ2v) is 6.67. The molecule has 2 aromatic rings. The van der Waals surface area contributed by atoms with Crippen LogP contribution in [-0.4, -0.2) is 28.0 Å². The summed E-state index contributed by atoms with van der Waals surface area (Å²) < 4.78 is 0. The molecule has 0 fully saturated rings. The highest BCUT2D eigenvalue weighted by atomic mass is 16.3. The van der Waals surface area contributed by atoms with Gasteiger partial charge in [0.2, 0.25) is 0 Å². The smallest absolute Gasteiger partial charge is 0.0924 e. The first-order chi connectivity index (χ1) is 9.98. The van der Waals surface area contributed by atoms with Crippen LogP contribution in [0, 0.1) is 5.41 Å². The topological polar surface area (TPSA) is 60.9 Å². The summed E-state index contributed by atoms with van der Waals surface area (Å²) in [7, 11) is 0. The lowest BCUT2D eigenvalue weighted by Crippen LogP contribution is -2.35. The minimum absolute atomic E-state index is 0.105. The Hall–Kier alpha value is -1.65. The van der Waals surface area contributed by atoms with Crippen molar-refractivity contribution in [2.45, 2.75) is 39.8 Å². The Morgan fingerprint density at radius 3 is 2.57 bits per heavy atom. The van der Waals surface area contributed by atoms with E-state index in [4.69, 9.17) is 0 Å². The minimum atomic E-state index is 0.105. The van der Waals surface area contributed by atoms with Crippen molar-refractivity contribution in [1.82, 2.24) is 15.5 Å². The number of aromatic nitrogens is 2. The lowest BCUT2D eigenvalue weighted by atomic mass is 9.88. The third-order valence-electron chi connectivity index (χ3n) is 3.36. The molecule has 0 saturated heterocycles. The largest absolute Gasteiger partial charge is 0.395 e. The molecule has 1 aromatic carbocycles. The van der Waals surface area contributed by atoms with Crippen molar-refractivity contribution in [3.05, 3.63) is 42.1 Å². The molecular weight excluding hydrogens is 262 g/mol. The van der Waals surface area contributed by atoms with E-state index < -0.39 is 0 Å². The summed E-state index contributed by atoms with van der Waals surface area (Å²) in [5, 5.41) is 20.2. The summed E-state index contributed by atoms with van der Waals surface area (Å²) in [6.45, 7) is 7.38. The molecule has 0 bridgehead atoms. The molecule has 1 heterocycles. The van der Waals surface area contributed by atoms with Gasteiger partial charge in [-0.3, -0.25) is 5.10 Å². The predicted octanol–water partition coefficient (Wildman–Crippen LogP) is 2.96. The molecular formula is C17H25N3O. The number of nitrogens with zero attached hydrogens (tertiary/aromatic N) is 1.